The highest BCUT2D eigenvalue weighted by atomic mass is 15.2. The number of nitrogens with zero attached hydrogens (tertiary/aromatic N) is 3. The number of aryl methyl sites for hydroxylation is 3. The van der Waals surface area contributed by atoms with E-state index >= 15 is 0 Å². The molecule has 0 unspecified atom stereocenters. The van der Waals surface area contributed by atoms with Gasteiger partial charge in [0, 0.05) is 21.1 Å². The summed E-state index contributed by atoms with van der Waals surface area (Å²) in [6, 6.07) is 24.1. The van der Waals surface area contributed by atoms with Gasteiger partial charge in [0.05, 0.1) is 18.3 Å². The fourth-order valence-corrected chi connectivity index (χ4v) is 4.04. The van der Waals surface area contributed by atoms with Crippen LogP contribution in [0.1, 0.15) is 15.4 Å². The van der Waals surface area contributed by atoms with Crippen LogP contribution >= 0.6 is 0 Å². The molecule has 0 aliphatic rings. The molecule has 0 amide bonds. The van der Waals surface area contributed by atoms with Crippen molar-refractivity contribution in [3.63, 3.8) is 0 Å². The maximum atomic E-state index is 8.22. The fourth-order valence-electron chi connectivity index (χ4n) is 4.04. The molecule has 0 aliphatic heterocycles. The zero-order chi connectivity index (χ0) is 21.8. The van der Waals surface area contributed by atoms with Crippen LogP contribution in [0.3, 0.4) is 0 Å². The van der Waals surface area contributed by atoms with Crippen molar-refractivity contribution < 1.29 is 8.68 Å². The van der Waals surface area contributed by atoms with Gasteiger partial charge >= 0.3 is 0 Å². The molecule has 0 radical (unpaired) electrons. The molecular weight excluding hydrogens is 342 g/mol. The molecule has 28 heavy (non-hydrogen) atoms. The van der Waals surface area contributed by atoms with Crippen molar-refractivity contribution in [2.45, 2.75) is 13.8 Å². The van der Waals surface area contributed by atoms with Crippen LogP contribution in [0.15, 0.2) is 79.0 Å². The van der Waals surface area contributed by atoms with E-state index < -0.39 is 6.85 Å². The SMILES string of the molecule is [2H]C([2H])([2H])c1ncc2ccccc2c1-n1c(-c2ccccc2C)[n+](C)c2ccccc21. The van der Waals surface area contributed by atoms with Gasteiger partial charge in [-0.15, -0.1) is 0 Å². The summed E-state index contributed by atoms with van der Waals surface area (Å²) in [4.78, 5) is 4.44. The Kier molecular flexibility index (Phi) is 3.08. The Morgan fingerprint density at radius 3 is 2.54 bits per heavy atom. The van der Waals surface area contributed by atoms with Crippen molar-refractivity contribution in [2.24, 2.45) is 7.05 Å². The van der Waals surface area contributed by atoms with Crippen LogP contribution in [0.25, 0.3) is 38.9 Å². The van der Waals surface area contributed by atoms with Gasteiger partial charge in [-0.05, 0) is 43.6 Å². The lowest BCUT2D eigenvalue weighted by atomic mass is 10.1. The summed E-state index contributed by atoms with van der Waals surface area (Å²) in [6.45, 7) is -0.282. The molecule has 5 rings (SSSR count). The lowest BCUT2D eigenvalue weighted by molar-refractivity contribution is -0.633. The summed E-state index contributed by atoms with van der Waals surface area (Å²) < 4.78 is 28.9. The molecule has 0 saturated heterocycles. The number of benzene rings is 3. The van der Waals surface area contributed by atoms with Gasteiger partial charge in [0.25, 0.3) is 5.82 Å². The van der Waals surface area contributed by atoms with Crippen molar-refractivity contribution in [1.29, 1.82) is 0 Å². The zero-order valence-corrected chi connectivity index (χ0v) is 15.8. The summed E-state index contributed by atoms with van der Waals surface area (Å²) in [5, 5.41) is 1.77. The second-order valence-corrected chi connectivity index (χ2v) is 7.06. The van der Waals surface area contributed by atoms with Gasteiger partial charge in [0.1, 0.15) is 0 Å². The molecule has 0 N–H and O–H groups in total. The number of aromatic nitrogens is 3. The van der Waals surface area contributed by atoms with E-state index in [1.165, 1.54) is 0 Å². The van der Waals surface area contributed by atoms with E-state index in [1.54, 1.807) is 6.20 Å². The molecule has 0 atom stereocenters. The Bertz CT molecular complexity index is 1450. The molecule has 0 saturated carbocycles. The monoisotopic (exact) mass is 367 g/mol. The topological polar surface area (TPSA) is 21.7 Å². The maximum Gasteiger partial charge on any atom is 0.295 e. The quantitative estimate of drug-likeness (QED) is 0.389. The first-order valence-electron chi connectivity index (χ1n) is 10.8. The average Bonchev–Trinajstić information content (AvgIpc) is 3.05. The summed E-state index contributed by atoms with van der Waals surface area (Å²) in [7, 11) is 2.02. The third kappa shape index (κ3) is 2.36. The minimum Gasteiger partial charge on any atom is -0.256 e. The molecule has 3 aromatic carbocycles. The second kappa shape index (κ2) is 6.31. The van der Waals surface area contributed by atoms with Crippen molar-refractivity contribution in [3.8, 4) is 17.1 Å². The van der Waals surface area contributed by atoms with Crippen molar-refractivity contribution in [3.05, 3.63) is 90.3 Å². The summed E-state index contributed by atoms with van der Waals surface area (Å²) >= 11 is 0. The Morgan fingerprint density at radius 1 is 0.929 bits per heavy atom. The van der Waals surface area contributed by atoms with Crippen LogP contribution in [-0.2, 0) is 7.05 Å². The number of pyridine rings is 1. The van der Waals surface area contributed by atoms with E-state index in [9.17, 15) is 0 Å². The number of hydrogen-bond acceptors (Lipinski definition) is 1. The number of hydrogen-bond donors (Lipinski definition) is 0. The molecule has 0 bridgehead atoms. The minimum absolute atomic E-state index is 0.0994. The lowest BCUT2D eigenvalue weighted by Gasteiger charge is -2.10. The lowest BCUT2D eigenvalue weighted by Crippen LogP contribution is -2.30. The van der Waals surface area contributed by atoms with E-state index in [1.807, 2.05) is 61.6 Å². The van der Waals surface area contributed by atoms with E-state index in [2.05, 4.69) is 39.2 Å². The zero-order valence-electron chi connectivity index (χ0n) is 18.8. The predicted molar refractivity (Wildman–Crippen MR) is 115 cm³/mol. The molecule has 3 heteroatoms. The largest absolute Gasteiger partial charge is 0.295 e. The van der Waals surface area contributed by atoms with Crippen LogP contribution in [0.5, 0.6) is 0 Å². The van der Waals surface area contributed by atoms with Gasteiger partial charge in [-0.2, -0.15) is 4.57 Å². The summed E-state index contributed by atoms with van der Waals surface area (Å²) in [5.41, 5.74) is 4.82. The smallest absolute Gasteiger partial charge is 0.256 e. The third-order valence-corrected chi connectivity index (χ3v) is 5.40. The highest BCUT2D eigenvalue weighted by Gasteiger charge is 2.29. The predicted octanol–water partition coefficient (Wildman–Crippen LogP) is 5.29. The van der Waals surface area contributed by atoms with E-state index in [-0.39, 0.29) is 5.69 Å². The van der Waals surface area contributed by atoms with Gasteiger partial charge < -0.3 is 0 Å². The first-order chi connectivity index (χ1) is 14.9. The molecule has 0 fully saturated rings. The molecular formula is C25H22N3+. The van der Waals surface area contributed by atoms with E-state index in [0.717, 1.165) is 38.8 Å². The highest BCUT2D eigenvalue weighted by Crippen LogP contribution is 2.33. The Morgan fingerprint density at radius 2 is 1.68 bits per heavy atom. The Hall–Kier alpha value is -3.46. The maximum absolute atomic E-state index is 8.22. The standard InChI is InChI=1S/C25H22N3/c1-17-10-4-6-12-20(17)25-27(3)22-14-8-9-15-23(22)28(25)24-18(2)26-16-19-11-5-7-13-21(19)24/h4-16H,1-3H3/q+1/i2D3. The molecule has 0 spiro atoms. The van der Waals surface area contributed by atoms with Gasteiger partial charge in [-0.3, -0.25) is 4.98 Å². The van der Waals surface area contributed by atoms with Crippen molar-refractivity contribution in [1.82, 2.24) is 9.55 Å². The average molecular weight is 367 g/mol. The second-order valence-electron chi connectivity index (χ2n) is 7.06. The van der Waals surface area contributed by atoms with Crippen LogP contribution < -0.4 is 4.57 Å². The van der Waals surface area contributed by atoms with Crippen LogP contribution in [-0.4, -0.2) is 9.55 Å². The van der Waals surface area contributed by atoms with Gasteiger partial charge in [-0.1, -0.05) is 48.5 Å². The number of imidazole rings is 1. The Labute approximate surface area is 168 Å². The number of rotatable bonds is 2. The molecule has 3 nitrogen and oxygen atoms in total. The first-order valence-corrected chi connectivity index (χ1v) is 9.32. The number of para-hydroxylation sites is 2. The normalized spacial score (nSPS) is 13.4. The third-order valence-electron chi connectivity index (χ3n) is 5.40. The van der Waals surface area contributed by atoms with Crippen molar-refractivity contribution in [2.75, 3.05) is 0 Å². The first kappa shape index (κ1) is 13.7. The minimum atomic E-state index is -2.35. The van der Waals surface area contributed by atoms with Gasteiger partial charge in [0.2, 0.25) is 0 Å². The summed E-state index contributed by atoms with van der Waals surface area (Å²) in [6.07, 6.45) is 1.65. The molecule has 2 aromatic heterocycles. The van der Waals surface area contributed by atoms with Crippen molar-refractivity contribution >= 4 is 21.8 Å². The summed E-state index contributed by atoms with van der Waals surface area (Å²) in [5.74, 6) is 0.919. The van der Waals surface area contributed by atoms with Gasteiger partial charge in [-0.25, -0.2) is 4.57 Å². The van der Waals surface area contributed by atoms with Crippen LogP contribution in [0.4, 0.5) is 0 Å². The van der Waals surface area contributed by atoms with Crippen LogP contribution in [0, 0.1) is 13.8 Å². The van der Waals surface area contributed by atoms with Crippen LogP contribution in [0.2, 0.25) is 0 Å². The molecule has 136 valence electrons. The fraction of sp³-hybridized carbons (Fsp3) is 0.120. The van der Waals surface area contributed by atoms with Gasteiger partial charge in [0.15, 0.2) is 16.7 Å². The highest BCUT2D eigenvalue weighted by molar-refractivity contribution is 5.93. The number of fused-ring (bicyclic) bond motifs is 2. The van der Waals surface area contributed by atoms with E-state index in [4.69, 9.17) is 4.11 Å². The molecule has 0 aliphatic carbocycles. The molecule has 5 aromatic rings. The molecule has 2 heterocycles. The van der Waals surface area contributed by atoms with E-state index in [0.29, 0.717) is 5.69 Å². The Balaban J connectivity index is 2.04.